The van der Waals surface area contributed by atoms with Gasteiger partial charge < -0.3 is 19.5 Å². The van der Waals surface area contributed by atoms with Gasteiger partial charge in [-0.15, -0.1) is 0 Å². The second-order valence-corrected chi connectivity index (χ2v) is 9.17. The van der Waals surface area contributed by atoms with Crippen LogP contribution in [0.25, 0.3) is 5.76 Å². The van der Waals surface area contributed by atoms with Crippen LogP contribution in [-0.2, 0) is 28.7 Å². The maximum absolute atomic E-state index is 13.3. The van der Waals surface area contributed by atoms with Gasteiger partial charge in [0.15, 0.2) is 0 Å². The topological polar surface area (TPSA) is 76.1 Å². The number of amides is 1. The van der Waals surface area contributed by atoms with Crippen molar-refractivity contribution in [3.8, 4) is 11.5 Å². The first kappa shape index (κ1) is 25.4. The molecule has 2 aliphatic heterocycles. The molecule has 0 saturated carbocycles. The third-order valence-electron chi connectivity index (χ3n) is 6.76. The molecule has 38 heavy (non-hydrogen) atoms. The minimum absolute atomic E-state index is 0.135. The van der Waals surface area contributed by atoms with Gasteiger partial charge in [-0.1, -0.05) is 24.3 Å². The maximum Gasteiger partial charge on any atom is 0.416 e. The van der Waals surface area contributed by atoms with Crippen LogP contribution in [0.5, 0.6) is 11.5 Å². The number of methoxy groups -OCH3 is 1. The zero-order valence-electron chi connectivity index (χ0n) is 20.4. The highest BCUT2D eigenvalue weighted by Crippen LogP contribution is 2.42. The number of rotatable bonds is 5. The van der Waals surface area contributed by atoms with E-state index in [2.05, 4.69) is 0 Å². The van der Waals surface area contributed by atoms with Gasteiger partial charge in [-0.05, 0) is 72.0 Å². The van der Waals surface area contributed by atoms with Crippen LogP contribution in [0.4, 0.5) is 13.2 Å². The Balaban J connectivity index is 1.61. The number of carbonyl (C=O) groups is 2. The molecule has 0 aliphatic carbocycles. The van der Waals surface area contributed by atoms with E-state index in [1.807, 2.05) is 0 Å². The first-order chi connectivity index (χ1) is 18.2. The molecule has 0 bridgehead atoms. The summed E-state index contributed by atoms with van der Waals surface area (Å²) in [5, 5.41) is 11.3. The van der Waals surface area contributed by atoms with Crippen molar-refractivity contribution >= 4 is 17.4 Å². The van der Waals surface area contributed by atoms with Gasteiger partial charge in [-0.2, -0.15) is 13.2 Å². The molecule has 1 atom stereocenters. The third-order valence-corrected chi connectivity index (χ3v) is 6.76. The van der Waals surface area contributed by atoms with E-state index in [0.717, 1.165) is 30.5 Å². The molecule has 1 saturated heterocycles. The minimum atomic E-state index is -4.56. The zero-order valence-corrected chi connectivity index (χ0v) is 20.4. The van der Waals surface area contributed by atoms with Gasteiger partial charge in [-0.3, -0.25) is 9.59 Å². The number of likely N-dealkylation sites (tertiary alicyclic amines) is 1. The van der Waals surface area contributed by atoms with Crippen LogP contribution in [0, 0.1) is 0 Å². The number of fused-ring (bicyclic) bond motifs is 1. The van der Waals surface area contributed by atoms with Gasteiger partial charge in [0.05, 0.1) is 30.9 Å². The summed E-state index contributed by atoms with van der Waals surface area (Å²) in [6.07, 6.45) is -3.01. The second kappa shape index (κ2) is 9.89. The lowest BCUT2D eigenvalue weighted by Crippen LogP contribution is -2.29. The van der Waals surface area contributed by atoms with Gasteiger partial charge in [0, 0.05) is 12.1 Å². The number of hydrogen-bond acceptors (Lipinski definition) is 5. The lowest BCUT2D eigenvalue weighted by atomic mass is 9.93. The predicted octanol–water partition coefficient (Wildman–Crippen LogP) is 5.66. The molecule has 1 N–H and O–H groups in total. The number of halogens is 3. The van der Waals surface area contributed by atoms with E-state index in [4.69, 9.17) is 9.47 Å². The van der Waals surface area contributed by atoms with Crippen LogP contribution in [0.3, 0.4) is 0 Å². The van der Waals surface area contributed by atoms with E-state index in [0.29, 0.717) is 29.2 Å². The molecule has 6 nitrogen and oxygen atoms in total. The molecule has 2 aliphatic rings. The smallest absolute Gasteiger partial charge is 0.416 e. The molecule has 1 fully saturated rings. The van der Waals surface area contributed by atoms with Gasteiger partial charge in [0.1, 0.15) is 17.3 Å². The van der Waals surface area contributed by atoms with Crippen molar-refractivity contribution < 1.29 is 37.3 Å². The highest BCUT2D eigenvalue weighted by molar-refractivity contribution is 6.46. The number of ether oxygens (including phenoxy) is 2. The zero-order chi connectivity index (χ0) is 27.0. The number of carbonyl (C=O) groups excluding carboxylic acids is 2. The number of alkyl halides is 3. The number of Topliss-reactive ketones (excluding diaryl/α,β-unsaturated/α-hetero) is 1. The molecule has 196 valence electrons. The molecule has 0 aromatic heterocycles. The van der Waals surface area contributed by atoms with Gasteiger partial charge in [0.2, 0.25) is 0 Å². The Hall–Kier alpha value is -4.27. The molecule has 3 aromatic rings. The summed E-state index contributed by atoms with van der Waals surface area (Å²) < 4.78 is 50.8. The predicted molar refractivity (Wildman–Crippen MR) is 133 cm³/mol. The van der Waals surface area contributed by atoms with Crippen molar-refractivity contribution in [3.05, 3.63) is 100 Å². The number of nitrogens with zero attached hydrogens (tertiary/aromatic N) is 1. The third kappa shape index (κ3) is 4.71. The average Bonchev–Trinajstić information content (AvgIpc) is 3.17. The fourth-order valence-corrected chi connectivity index (χ4v) is 4.88. The summed E-state index contributed by atoms with van der Waals surface area (Å²) in [5.74, 6) is -0.942. The van der Waals surface area contributed by atoms with E-state index in [1.54, 1.807) is 42.5 Å². The van der Waals surface area contributed by atoms with Crippen LogP contribution in [-0.4, -0.2) is 35.4 Å². The first-order valence-corrected chi connectivity index (χ1v) is 12.0. The monoisotopic (exact) mass is 523 g/mol. The Bertz CT molecular complexity index is 1430. The standard InChI is InChI=1S/C29H24F3NO5/c1-37-22-10-7-18(8-11-22)25-24(26(34)20-9-12-23-19(15-20)5-3-13-38-23)27(35)28(36)33(25)16-17-4-2-6-21(14-17)29(30,31)32/h2,4,6-12,14-15,25,34H,3,5,13,16H2,1H3/b26-24-. The van der Waals surface area contributed by atoms with E-state index >= 15 is 0 Å². The summed E-state index contributed by atoms with van der Waals surface area (Å²) in [7, 11) is 1.49. The molecule has 3 aromatic carbocycles. The Morgan fingerprint density at radius 1 is 1.08 bits per heavy atom. The van der Waals surface area contributed by atoms with E-state index < -0.39 is 29.5 Å². The molecule has 0 radical (unpaired) electrons. The summed E-state index contributed by atoms with van der Waals surface area (Å²) in [6.45, 7) is 0.330. The van der Waals surface area contributed by atoms with Gasteiger partial charge in [0.25, 0.3) is 11.7 Å². The number of aliphatic hydroxyl groups excluding tert-OH is 1. The lowest BCUT2D eigenvalue weighted by Gasteiger charge is -2.26. The molecular weight excluding hydrogens is 499 g/mol. The van der Waals surface area contributed by atoms with Crippen molar-refractivity contribution in [3.63, 3.8) is 0 Å². The summed E-state index contributed by atoms with van der Waals surface area (Å²) >= 11 is 0. The Morgan fingerprint density at radius 3 is 2.55 bits per heavy atom. The maximum atomic E-state index is 13.3. The van der Waals surface area contributed by atoms with Crippen molar-refractivity contribution in [1.29, 1.82) is 0 Å². The molecule has 1 unspecified atom stereocenters. The minimum Gasteiger partial charge on any atom is -0.507 e. The fourth-order valence-electron chi connectivity index (χ4n) is 4.88. The van der Waals surface area contributed by atoms with E-state index in [1.165, 1.54) is 24.1 Å². The second-order valence-electron chi connectivity index (χ2n) is 9.17. The average molecular weight is 524 g/mol. The highest BCUT2D eigenvalue weighted by atomic mass is 19.4. The number of aliphatic hydroxyl groups is 1. The Kier molecular flexibility index (Phi) is 6.60. The Morgan fingerprint density at radius 2 is 1.84 bits per heavy atom. The van der Waals surface area contributed by atoms with Crippen molar-refractivity contribution in [1.82, 2.24) is 4.90 Å². The number of hydrogen-bond donors (Lipinski definition) is 1. The molecule has 1 amide bonds. The van der Waals surface area contributed by atoms with Crippen LogP contribution >= 0.6 is 0 Å². The molecule has 5 rings (SSSR count). The first-order valence-electron chi connectivity index (χ1n) is 12.0. The fraction of sp³-hybridized carbons (Fsp3) is 0.241. The number of aryl methyl sites for hydroxylation is 1. The van der Waals surface area contributed by atoms with Crippen LogP contribution < -0.4 is 9.47 Å². The van der Waals surface area contributed by atoms with Crippen LogP contribution in [0.15, 0.2) is 72.3 Å². The van der Waals surface area contributed by atoms with Crippen molar-refractivity contribution in [2.75, 3.05) is 13.7 Å². The Labute approximate surface area is 216 Å². The van der Waals surface area contributed by atoms with Crippen LogP contribution in [0.1, 0.15) is 40.3 Å². The van der Waals surface area contributed by atoms with Crippen LogP contribution in [0.2, 0.25) is 0 Å². The molecule has 9 heteroatoms. The quantitative estimate of drug-likeness (QED) is 0.265. The molecule has 2 heterocycles. The highest BCUT2D eigenvalue weighted by Gasteiger charge is 2.46. The largest absolute Gasteiger partial charge is 0.507 e. The van der Waals surface area contributed by atoms with Crippen molar-refractivity contribution in [2.45, 2.75) is 31.6 Å². The summed E-state index contributed by atoms with van der Waals surface area (Å²) in [4.78, 5) is 27.7. The lowest BCUT2D eigenvalue weighted by molar-refractivity contribution is -0.140. The van der Waals surface area contributed by atoms with E-state index in [-0.39, 0.29) is 23.4 Å². The summed E-state index contributed by atoms with van der Waals surface area (Å²) in [5.41, 5.74) is 0.933. The number of benzene rings is 3. The normalized spacial score (nSPS) is 18.7. The van der Waals surface area contributed by atoms with Gasteiger partial charge in [-0.25, -0.2) is 0 Å². The summed E-state index contributed by atoms with van der Waals surface area (Å²) in [6, 6.07) is 15.3. The number of ketones is 1. The molecule has 0 spiro atoms. The molecular formula is C29H24F3NO5. The van der Waals surface area contributed by atoms with E-state index in [9.17, 15) is 27.9 Å². The SMILES string of the molecule is COc1ccc(C2/C(=C(/O)c3ccc4c(c3)CCCO4)C(=O)C(=O)N2Cc2cccc(C(F)(F)F)c2)cc1. The van der Waals surface area contributed by atoms with Crippen molar-refractivity contribution in [2.24, 2.45) is 0 Å². The van der Waals surface area contributed by atoms with Gasteiger partial charge >= 0.3 is 6.18 Å².